The van der Waals surface area contributed by atoms with Crippen molar-refractivity contribution in [3.8, 4) is 0 Å². The van der Waals surface area contributed by atoms with E-state index in [2.05, 4.69) is 5.10 Å². The summed E-state index contributed by atoms with van der Waals surface area (Å²) < 4.78 is 6.96. The third-order valence-corrected chi connectivity index (χ3v) is 5.30. The summed E-state index contributed by atoms with van der Waals surface area (Å²) in [6, 6.07) is 16.9. The predicted octanol–water partition coefficient (Wildman–Crippen LogP) is 4.36. The number of esters is 1. The van der Waals surface area contributed by atoms with Crippen LogP contribution < -0.4 is 4.90 Å². The van der Waals surface area contributed by atoms with Gasteiger partial charge in [0.1, 0.15) is 5.92 Å². The van der Waals surface area contributed by atoms with Gasteiger partial charge in [0.05, 0.1) is 19.3 Å². The molecule has 6 nitrogen and oxygen atoms in total. The molecule has 0 saturated carbocycles. The number of para-hydroxylation sites is 1. The highest BCUT2D eigenvalue weighted by Crippen LogP contribution is 2.21. The van der Waals surface area contributed by atoms with Crippen LogP contribution in [0.15, 0.2) is 67.0 Å². The van der Waals surface area contributed by atoms with E-state index in [0.29, 0.717) is 18.1 Å². The topological polar surface area (TPSA) is 64.4 Å². The van der Waals surface area contributed by atoms with Crippen molar-refractivity contribution in [2.45, 2.75) is 26.8 Å². The molecule has 0 saturated heterocycles. The smallest absolute Gasteiger partial charge is 0.318 e. The lowest BCUT2D eigenvalue weighted by Crippen LogP contribution is -2.41. The quantitative estimate of drug-likeness (QED) is 0.367. The molecule has 162 valence electrons. The Bertz CT molecular complexity index is 1020. The van der Waals surface area contributed by atoms with Crippen LogP contribution in [0.25, 0.3) is 0 Å². The van der Waals surface area contributed by atoms with E-state index in [1.807, 2.05) is 67.7 Å². The second kappa shape index (κ2) is 10.8. The minimum absolute atomic E-state index is 0.212. The molecule has 0 bridgehead atoms. The molecule has 0 aliphatic carbocycles. The zero-order valence-electron chi connectivity index (χ0n) is 17.7. The van der Waals surface area contributed by atoms with Crippen LogP contribution in [0, 0.1) is 5.92 Å². The van der Waals surface area contributed by atoms with Gasteiger partial charge in [-0.05, 0) is 49.6 Å². The van der Waals surface area contributed by atoms with Crippen molar-refractivity contribution in [2.24, 2.45) is 5.92 Å². The summed E-state index contributed by atoms with van der Waals surface area (Å²) in [5.41, 5.74) is 2.47. The fraction of sp³-hybridized carbons (Fsp3) is 0.292. The standard InChI is InChI=1S/C24H26ClN3O3/c1-3-28(20-11-6-5-7-12-20)23(29)21(24(30)31-4-2)14-18-15-26-27(16-18)17-19-10-8-9-13-22(19)25/h5-13,15-16,21H,3-4,14,17H2,1-2H3. The summed E-state index contributed by atoms with van der Waals surface area (Å²) in [6.07, 6.45) is 3.72. The van der Waals surface area contributed by atoms with Crippen molar-refractivity contribution < 1.29 is 14.3 Å². The summed E-state index contributed by atoms with van der Waals surface area (Å²) in [5, 5.41) is 5.04. The molecule has 3 aromatic rings. The molecular weight excluding hydrogens is 414 g/mol. The molecule has 0 radical (unpaired) electrons. The Kier molecular flexibility index (Phi) is 7.84. The van der Waals surface area contributed by atoms with Crippen LogP contribution in [0.5, 0.6) is 0 Å². The maximum Gasteiger partial charge on any atom is 0.318 e. The van der Waals surface area contributed by atoms with Gasteiger partial charge in [0.15, 0.2) is 0 Å². The second-order valence-corrected chi connectivity index (χ2v) is 7.47. The van der Waals surface area contributed by atoms with Gasteiger partial charge >= 0.3 is 5.97 Å². The number of benzene rings is 2. The Hall–Kier alpha value is -3.12. The summed E-state index contributed by atoms with van der Waals surface area (Å²) in [6.45, 7) is 4.78. The summed E-state index contributed by atoms with van der Waals surface area (Å²) in [4.78, 5) is 27.6. The number of carbonyl (C=O) groups is 2. The van der Waals surface area contributed by atoms with Crippen LogP contribution in [0.2, 0.25) is 5.02 Å². The second-order valence-electron chi connectivity index (χ2n) is 7.06. The molecule has 2 aromatic carbocycles. The van der Waals surface area contributed by atoms with Gasteiger partial charge in [-0.25, -0.2) is 0 Å². The number of amides is 1. The predicted molar refractivity (Wildman–Crippen MR) is 121 cm³/mol. The van der Waals surface area contributed by atoms with Crippen LogP contribution >= 0.6 is 11.6 Å². The Balaban J connectivity index is 1.80. The zero-order chi connectivity index (χ0) is 22.2. The minimum atomic E-state index is -0.946. The van der Waals surface area contributed by atoms with Crippen molar-refractivity contribution in [3.63, 3.8) is 0 Å². The number of hydrogen-bond acceptors (Lipinski definition) is 4. The molecule has 1 amide bonds. The largest absolute Gasteiger partial charge is 0.465 e. The highest BCUT2D eigenvalue weighted by atomic mass is 35.5. The number of halogens is 1. The van der Waals surface area contributed by atoms with Gasteiger partial charge in [-0.3, -0.25) is 14.3 Å². The third-order valence-electron chi connectivity index (χ3n) is 4.94. The first kappa shape index (κ1) is 22.6. The van der Waals surface area contributed by atoms with Gasteiger partial charge in [0.2, 0.25) is 5.91 Å². The fourth-order valence-corrected chi connectivity index (χ4v) is 3.61. The number of rotatable bonds is 9. The normalized spacial score (nSPS) is 11.7. The molecule has 0 aliphatic heterocycles. The van der Waals surface area contributed by atoms with E-state index in [9.17, 15) is 9.59 Å². The monoisotopic (exact) mass is 439 g/mol. The Labute approximate surface area is 187 Å². The van der Waals surface area contributed by atoms with Crippen molar-refractivity contribution in [3.05, 3.63) is 83.1 Å². The molecule has 3 rings (SSSR count). The first-order valence-electron chi connectivity index (χ1n) is 10.3. The Morgan fingerprint density at radius 2 is 1.81 bits per heavy atom. The summed E-state index contributed by atoms with van der Waals surface area (Å²) in [5.74, 6) is -1.76. The van der Waals surface area contributed by atoms with E-state index in [0.717, 1.165) is 16.8 Å². The maximum absolute atomic E-state index is 13.3. The Morgan fingerprint density at radius 3 is 2.48 bits per heavy atom. The van der Waals surface area contributed by atoms with Crippen LogP contribution in [0.1, 0.15) is 25.0 Å². The lowest BCUT2D eigenvalue weighted by Gasteiger charge is -2.25. The molecular formula is C24H26ClN3O3. The number of carbonyl (C=O) groups excluding carboxylic acids is 2. The lowest BCUT2D eigenvalue weighted by atomic mass is 9.99. The first-order chi connectivity index (χ1) is 15.0. The van der Waals surface area contributed by atoms with E-state index in [4.69, 9.17) is 16.3 Å². The van der Waals surface area contributed by atoms with E-state index in [1.165, 1.54) is 0 Å². The number of hydrogen-bond donors (Lipinski definition) is 0. The molecule has 7 heteroatoms. The zero-order valence-corrected chi connectivity index (χ0v) is 18.5. The highest BCUT2D eigenvalue weighted by molar-refractivity contribution is 6.31. The SMILES string of the molecule is CCOC(=O)C(Cc1cnn(Cc2ccccc2Cl)c1)C(=O)N(CC)c1ccccc1. The Morgan fingerprint density at radius 1 is 1.10 bits per heavy atom. The van der Waals surface area contributed by atoms with Gasteiger partial charge in [-0.1, -0.05) is 48.0 Å². The number of aromatic nitrogens is 2. The van der Waals surface area contributed by atoms with Gasteiger partial charge in [-0.2, -0.15) is 5.10 Å². The average Bonchev–Trinajstić information content (AvgIpc) is 3.22. The molecule has 31 heavy (non-hydrogen) atoms. The van der Waals surface area contributed by atoms with E-state index < -0.39 is 11.9 Å². The van der Waals surface area contributed by atoms with Crippen molar-refractivity contribution in [1.29, 1.82) is 0 Å². The average molecular weight is 440 g/mol. The van der Waals surface area contributed by atoms with Gasteiger partial charge < -0.3 is 9.64 Å². The highest BCUT2D eigenvalue weighted by Gasteiger charge is 2.32. The molecule has 0 fully saturated rings. The van der Waals surface area contributed by atoms with E-state index >= 15 is 0 Å². The number of anilines is 1. The maximum atomic E-state index is 13.3. The van der Waals surface area contributed by atoms with Crippen LogP contribution in [0.4, 0.5) is 5.69 Å². The van der Waals surface area contributed by atoms with Gasteiger partial charge in [0.25, 0.3) is 0 Å². The molecule has 0 N–H and O–H groups in total. The van der Waals surface area contributed by atoms with E-state index in [1.54, 1.807) is 22.7 Å². The van der Waals surface area contributed by atoms with E-state index in [-0.39, 0.29) is 18.9 Å². The van der Waals surface area contributed by atoms with Crippen molar-refractivity contribution in [2.75, 3.05) is 18.1 Å². The van der Waals surface area contributed by atoms with Crippen molar-refractivity contribution in [1.82, 2.24) is 9.78 Å². The molecule has 1 heterocycles. The summed E-state index contributed by atoms with van der Waals surface area (Å²) in [7, 11) is 0. The lowest BCUT2D eigenvalue weighted by molar-refractivity contribution is -0.151. The fourth-order valence-electron chi connectivity index (χ4n) is 3.41. The molecule has 1 unspecified atom stereocenters. The number of nitrogens with zero attached hydrogens (tertiary/aromatic N) is 3. The minimum Gasteiger partial charge on any atom is -0.465 e. The van der Waals surface area contributed by atoms with Crippen LogP contribution in [-0.2, 0) is 27.3 Å². The van der Waals surface area contributed by atoms with Gasteiger partial charge in [-0.15, -0.1) is 0 Å². The molecule has 1 atom stereocenters. The van der Waals surface area contributed by atoms with Crippen molar-refractivity contribution >= 4 is 29.2 Å². The first-order valence-corrected chi connectivity index (χ1v) is 10.7. The third kappa shape index (κ3) is 5.73. The molecule has 0 spiro atoms. The number of ether oxygens (including phenoxy) is 1. The van der Waals surface area contributed by atoms with Gasteiger partial charge in [0, 0.05) is 23.5 Å². The summed E-state index contributed by atoms with van der Waals surface area (Å²) >= 11 is 6.24. The molecule has 1 aromatic heterocycles. The molecule has 0 aliphatic rings. The van der Waals surface area contributed by atoms with Crippen LogP contribution in [-0.4, -0.2) is 34.8 Å². The van der Waals surface area contributed by atoms with Crippen LogP contribution in [0.3, 0.4) is 0 Å².